The second-order valence-electron chi connectivity index (χ2n) is 8.40. The maximum Gasteiger partial charge on any atom is 0.348 e. The maximum absolute atomic E-state index is 13.4. The zero-order valence-electron chi connectivity index (χ0n) is 20.4. The Kier molecular flexibility index (Phi) is 8.39. The Bertz CT molecular complexity index is 1310. The summed E-state index contributed by atoms with van der Waals surface area (Å²) in [6.45, 7) is 9.57. The smallest absolute Gasteiger partial charge is 0.348 e. The van der Waals surface area contributed by atoms with Crippen LogP contribution >= 0.6 is 11.3 Å². The van der Waals surface area contributed by atoms with E-state index >= 15 is 0 Å². The lowest BCUT2D eigenvalue weighted by molar-refractivity contribution is -0.119. The van der Waals surface area contributed by atoms with Crippen LogP contribution in [0.5, 0.6) is 0 Å². The SMILES string of the molecule is CCOC(=O)c1cccc(NC(=O)C(CC)n2cnc3sc(C(=O)OCC(C)C)c(C)c3c2=O)c1. The predicted molar refractivity (Wildman–Crippen MR) is 134 cm³/mol. The molecule has 2 aromatic heterocycles. The van der Waals surface area contributed by atoms with Gasteiger partial charge in [0.1, 0.15) is 15.7 Å². The number of benzene rings is 1. The summed E-state index contributed by atoms with van der Waals surface area (Å²) in [4.78, 5) is 56.1. The van der Waals surface area contributed by atoms with E-state index in [1.807, 2.05) is 13.8 Å². The number of rotatable bonds is 9. The van der Waals surface area contributed by atoms with Crippen LogP contribution in [0.1, 0.15) is 65.8 Å². The van der Waals surface area contributed by atoms with Gasteiger partial charge in [0.15, 0.2) is 0 Å². The molecular weight excluding hydrogens is 470 g/mol. The van der Waals surface area contributed by atoms with E-state index in [1.54, 1.807) is 39.0 Å². The van der Waals surface area contributed by atoms with Crippen molar-refractivity contribution >= 4 is 45.1 Å². The molecule has 35 heavy (non-hydrogen) atoms. The quantitative estimate of drug-likeness (QED) is 0.435. The first-order chi connectivity index (χ1) is 16.7. The average Bonchev–Trinajstić information content (AvgIpc) is 3.16. The van der Waals surface area contributed by atoms with E-state index < -0.39 is 29.4 Å². The monoisotopic (exact) mass is 499 g/mol. The van der Waals surface area contributed by atoms with Crippen molar-refractivity contribution in [1.29, 1.82) is 0 Å². The summed E-state index contributed by atoms with van der Waals surface area (Å²) in [5.74, 6) is -1.22. The number of fused-ring (bicyclic) bond motifs is 1. The van der Waals surface area contributed by atoms with Crippen molar-refractivity contribution in [3.8, 4) is 0 Å². The molecule has 1 N–H and O–H groups in total. The van der Waals surface area contributed by atoms with Gasteiger partial charge in [-0.25, -0.2) is 14.6 Å². The number of ether oxygens (including phenoxy) is 2. The first-order valence-electron chi connectivity index (χ1n) is 11.4. The van der Waals surface area contributed by atoms with Crippen LogP contribution in [-0.2, 0) is 14.3 Å². The molecule has 0 fully saturated rings. The third kappa shape index (κ3) is 5.76. The molecule has 3 rings (SSSR count). The maximum atomic E-state index is 13.4. The van der Waals surface area contributed by atoms with Crippen molar-refractivity contribution in [1.82, 2.24) is 9.55 Å². The second-order valence-corrected chi connectivity index (χ2v) is 9.40. The van der Waals surface area contributed by atoms with Crippen molar-refractivity contribution in [2.24, 2.45) is 5.92 Å². The fourth-order valence-corrected chi connectivity index (χ4v) is 4.57. The Balaban J connectivity index is 1.90. The van der Waals surface area contributed by atoms with E-state index in [0.717, 1.165) is 11.3 Å². The number of hydrogen-bond acceptors (Lipinski definition) is 8. The van der Waals surface area contributed by atoms with Gasteiger partial charge in [-0.2, -0.15) is 0 Å². The van der Waals surface area contributed by atoms with Gasteiger partial charge in [-0.15, -0.1) is 11.3 Å². The van der Waals surface area contributed by atoms with Crippen LogP contribution in [0.4, 0.5) is 5.69 Å². The largest absolute Gasteiger partial charge is 0.462 e. The van der Waals surface area contributed by atoms with E-state index in [1.165, 1.54) is 17.0 Å². The number of hydrogen-bond donors (Lipinski definition) is 1. The summed E-state index contributed by atoms with van der Waals surface area (Å²) >= 11 is 1.10. The van der Waals surface area contributed by atoms with Gasteiger partial charge in [0, 0.05) is 5.69 Å². The summed E-state index contributed by atoms with van der Waals surface area (Å²) in [6.07, 6.45) is 1.65. The summed E-state index contributed by atoms with van der Waals surface area (Å²) < 4.78 is 11.6. The lowest BCUT2D eigenvalue weighted by atomic mass is 10.1. The van der Waals surface area contributed by atoms with Crippen molar-refractivity contribution in [3.63, 3.8) is 0 Å². The number of thiophene rings is 1. The van der Waals surface area contributed by atoms with Crippen LogP contribution < -0.4 is 10.9 Å². The normalized spacial score (nSPS) is 11.9. The van der Waals surface area contributed by atoms with Gasteiger partial charge in [-0.1, -0.05) is 26.8 Å². The molecule has 10 heteroatoms. The number of nitrogens with one attached hydrogen (secondary N) is 1. The van der Waals surface area contributed by atoms with E-state index in [-0.39, 0.29) is 19.1 Å². The Morgan fingerprint density at radius 3 is 2.54 bits per heavy atom. The number of carbonyl (C=O) groups is 3. The third-order valence-electron chi connectivity index (χ3n) is 5.28. The van der Waals surface area contributed by atoms with Gasteiger partial charge in [-0.3, -0.25) is 14.2 Å². The Hall–Kier alpha value is -3.53. The minimum Gasteiger partial charge on any atom is -0.462 e. The number of aryl methyl sites for hydroxylation is 1. The number of esters is 2. The Morgan fingerprint density at radius 2 is 1.89 bits per heavy atom. The number of nitrogens with zero attached hydrogens (tertiary/aromatic N) is 2. The predicted octanol–water partition coefficient (Wildman–Crippen LogP) is 4.35. The molecule has 3 aromatic rings. The molecule has 0 aliphatic carbocycles. The van der Waals surface area contributed by atoms with Crippen LogP contribution in [0.25, 0.3) is 10.2 Å². The summed E-state index contributed by atoms with van der Waals surface area (Å²) in [5.41, 5.74) is 0.795. The van der Waals surface area contributed by atoms with Gasteiger partial charge in [0.05, 0.1) is 30.5 Å². The average molecular weight is 500 g/mol. The Morgan fingerprint density at radius 1 is 1.14 bits per heavy atom. The van der Waals surface area contributed by atoms with Crippen LogP contribution in [0.2, 0.25) is 0 Å². The lowest BCUT2D eigenvalue weighted by Crippen LogP contribution is -2.33. The molecule has 1 unspecified atom stereocenters. The van der Waals surface area contributed by atoms with Gasteiger partial charge in [0.25, 0.3) is 5.56 Å². The topological polar surface area (TPSA) is 117 Å². The molecule has 0 bridgehead atoms. The van der Waals surface area contributed by atoms with Gasteiger partial charge in [-0.05, 0) is 49.9 Å². The number of aromatic nitrogens is 2. The molecule has 2 heterocycles. The molecule has 0 spiro atoms. The fourth-order valence-electron chi connectivity index (χ4n) is 3.53. The van der Waals surface area contributed by atoms with Crippen molar-refractivity contribution < 1.29 is 23.9 Å². The van der Waals surface area contributed by atoms with E-state index in [9.17, 15) is 19.2 Å². The van der Waals surface area contributed by atoms with Crippen LogP contribution in [-0.4, -0.2) is 40.6 Å². The van der Waals surface area contributed by atoms with Gasteiger partial charge < -0.3 is 14.8 Å². The van der Waals surface area contributed by atoms with Gasteiger partial charge in [0.2, 0.25) is 5.91 Å². The summed E-state index contributed by atoms with van der Waals surface area (Å²) in [6, 6.07) is 5.55. The first kappa shape index (κ1) is 26.1. The highest BCUT2D eigenvalue weighted by atomic mass is 32.1. The third-order valence-corrected chi connectivity index (χ3v) is 6.46. The number of amides is 1. The summed E-state index contributed by atoms with van der Waals surface area (Å²) in [7, 11) is 0. The summed E-state index contributed by atoms with van der Waals surface area (Å²) in [5, 5.41) is 3.06. The molecule has 186 valence electrons. The molecule has 0 radical (unpaired) electrons. The highest BCUT2D eigenvalue weighted by molar-refractivity contribution is 7.20. The number of anilines is 1. The van der Waals surface area contributed by atoms with E-state index in [4.69, 9.17) is 9.47 Å². The molecule has 0 saturated carbocycles. The molecule has 9 nitrogen and oxygen atoms in total. The van der Waals surface area contributed by atoms with Crippen molar-refractivity contribution in [3.05, 3.63) is 57.0 Å². The van der Waals surface area contributed by atoms with E-state index in [2.05, 4.69) is 10.3 Å². The van der Waals surface area contributed by atoms with Crippen molar-refractivity contribution in [2.75, 3.05) is 18.5 Å². The molecule has 0 aliphatic rings. The zero-order chi connectivity index (χ0) is 25.7. The molecule has 0 saturated heterocycles. The highest BCUT2D eigenvalue weighted by Crippen LogP contribution is 2.28. The standard InChI is InChI=1S/C25H29N3O6S/c1-6-18(21(29)27-17-10-8-9-16(11-17)24(31)33-7-2)28-13-26-22-19(23(28)30)15(5)20(35-22)25(32)34-12-14(3)4/h8-11,13-14,18H,6-7,12H2,1-5H3,(H,27,29). The molecule has 1 aromatic carbocycles. The minimum atomic E-state index is -0.846. The zero-order valence-corrected chi connectivity index (χ0v) is 21.2. The van der Waals surface area contributed by atoms with E-state index in [0.29, 0.717) is 38.3 Å². The minimum absolute atomic E-state index is 0.186. The second kappa shape index (κ2) is 11.3. The number of carbonyl (C=O) groups excluding carboxylic acids is 3. The van der Waals surface area contributed by atoms with Crippen molar-refractivity contribution in [2.45, 2.75) is 47.1 Å². The first-order valence-corrected chi connectivity index (χ1v) is 12.2. The van der Waals surface area contributed by atoms with Gasteiger partial charge >= 0.3 is 11.9 Å². The molecule has 0 aliphatic heterocycles. The van der Waals surface area contributed by atoms with Crippen LogP contribution in [0, 0.1) is 12.8 Å². The van der Waals surface area contributed by atoms with Crippen LogP contribution in [0.3, 0.4) is 0 Å². The molecular formula is C25H29N3O6S. The highest BCUT2D eigenvalue weighted by Gasteiger charge is 2.25. The van der Waals surface area contributed by atoms with Crippen LogP contribution in [0.15, 0.2) is 35.4 Å². The Labute approximate surface area is 207 Å². The molecule has 1 atom stereocenters. The lowest BCUT2D eigenvalue weighted by Gasteiger charge is -2.18. The molecule has 1 amide bonds. The fraction of sp³-hybridized carbons (Fsp3) is 0.400.